The maximum Gasteiger partial charge on any atom is 0.254 e. The predicted octanol–water partition coefficient (Wildman–Crippen LogP) is 6.93. The molecule has 3 aromatic carbocycles. The van der Waals surface area contributed by atoms with Crippen LogP contribution in [0.5, 0.6) is 23.0 Å². The van der Waals surface area contributed by atoms with Crippen LogP contribution in [-0.2, 0) is 5.41 Å². The Labute approximate surface area is 215 Å². The number of hydrogen-bond donors (Lipinski definition) is 0. The molecule has 1 heterocycles. The van der Waals surface area contributed by atoms with Crippen LogP contribution < -0.4 is 18.9 Å². The second kappa shape index (κ2) is 9.88. The van der Waals surface area contributed by atoms with Crippen LogP contribution in [0.1, 0.15) is 56.2 Å². The van der Waals surface area contributed by atoms with Crippen molar-refractivity contribution < 1.29 is 23.5 Å². The highest BCUT2D eigenvalue weighted by molar-refractivity contribution is 5.79. The van der Waals surface area contributed by atoms with Crippen molar-refractivity contribution in [2.75, 3.05) is 35.5 Å². The lowest BCUT2D eigenvalue weighted by Crippen LogP contribution is -2.22. The summed E-state index contributed by atoms with van der Waals surface area (Å²) in [6, 6.07) is 17.2. The molecule has 0 saturated carbocycles. The normalized spacial score (nSPS) is 17.2. The number of nitrogens with zero attached hydrogens (tertiary/aromatic N) is 1. The average Bonchev–Trinajstić information content (AvgIpc) is 2.88. The van der Waals surface area contributed by atoms with E-state index in [4.69, 9.17) is 18.9 Å². The predicted molar refractivity (Wildman–Crippen MR) is 146 cm³/mol. The lowest BCUT2D eigenvalue weighted by molar-refractivity contribution is -0.405. The van der Waals surface area contributed by atoms with Crippen molar-refractivity contribution >= 4 is 11.9 Å². The van der Waals surface area contributed by atoms with Crippen LogP contribution in [-0.4, -0.2) is 46.3 Å². The molecule has 5 heteroatoms. The third kappa shape index (κ3) is 4.43. The summed E-state index contributed by atoms with van der Waals surface area (Å²) in [5.41, 5.74) is 6.94. The molecular weight excluding hydrogens is 450 g/mol. The fourth-order valence-electron chi connectivity index (χ4n) is 5.21. The Morgan fingerprint density at radius 2 is 1.39 bits per heavy atom. The van der Waals surface area contributed by atoms with Crippen molar-refractivity contribution in [3.05, 3.63) is 65.2 Å². The third-order valence-corrected chi connectivity index (χ3v) is 7.26. The topological polar surface area (TPSA) is 39.9 Å². The molecule has 0 spiro atoms. The van der Waals surface area contributed by atoms with Crippen molar-refractivity contribution in [2.24, 2.45) is 0 Å². The second-order valence-corrected chi connectivity index (χ2v) is 10.4. The highest BCUT2D eigenvalue weighted by atomic mass is 16.5. The molecule has 0 N–H and O–H groups in total. The monoisotopic (exact) mass is 488 g/mol. The molecule has 1 aliphatic heterocycles. The van der Waals surface area contributed by atoms with Gasteiger partial charge in [-0.2, -0.15) is 0 Å². The molecule has 190 valence electrons. The zero-order chi connectivity index (χ0) is 26.2. The number of methoxy groups -OCH3 is 4. The van der Waals surface area contributed by atoms with E-state index in [-0.39, 0.29) is 17.3 Å². The zero-order valence-corrected chi connectivity index (χ0v) is 22.9. The van der Waals surface area contributed by atoms with E-state index in [0.29, 0.717) is 0 Å². The van der Waals surface area contributed by atoms with Crippen LogP contribution in [0.3, 0.4) is 0 Å². The highest BCUT2D eigenvalue weighted by Crippen LogP contribution is 2.49. The van der Waals surface area contributed by atoms with Crippen molar-refractivity contribution in [2.45, 2.75) is 44.9 Å². The molecule has 0 aliphatic carbocycles. The molecule has 0 bridgehead atoms. The molecule has 5 nitrogen and oxygen atoms in total. The van der Waals surface area contributed by atoms with Crippen molar-refractivity contribution in [3.8, 4) is 34.1 Å². The van der Waals surface area contributed by atoms with Gasteiger partial charge in [0.1, 0.15) is 7.05 Å². The lowest BCUT2D eigenvalue weighted by atomic mass is 9.79. The Morgan fingerprint density at radius 1 is 0.750 bits per heavy atom. The molecule has 0 aromatic heterocycles. The van der Waals surface area contributed by atoms with Crippen LogP contribution >= 0.6 is 0 Å². The number of ether oxygens (including phenoxy) is 4. The maximum atomic E-state index is 5.85. The fraction of sp³-hybridized carbons (Fsp3) is 0.387. The standard InChI is InChI=1S/C31H38NO4/c1-19-23-14-15-26(33-6)30(36-9)28(23)32(5)18-25(19)21-16-24(29(35-8)27(17-21)34-7)20-10-12-22(13-11-20)31(2,3)4/h10-19,25H,1-9H3/q+1. The summed E-state index contributed by atoms with van der Waals surface area (Å²) in [6.07, 6.45) is 2.25. The zero-order valence-electron chi connectivity index (χ0n) is 22.9. The Hall–Kier alpha value is -3.47. The molecule has 36 heavy (non-hydrogen) atoms. The lowest BCUT2D eigenvalue weighted by Gasteiger charge is -2.27. The first-order valence-electron chi connectivity index (χ1n) is 12.3. The minimum absolute atomic E-state index is 0.0936. The highest BCUT2D eigenvalue weighted by Gasteiger charge is 2.36. The van der Waals surface area contributed by atoms with Gasteiger partial charge in [-0.15, -0.1) is 0 Å². The summed E-state index contributed by atoms with van der Waals surface area (Å²) in [7, 11) is 8.81. The van der Waals surface area contributed by atoms with Crippen LogP contribution in [0.15, 0.2) is 48.5 Å². The molecule has 3 aromatic rings. The summed E-state index contributed by atoms with van der Waals surface area (Å²) >= 11 is 0. The van der Waals surface area contributed by atoms with Crippen molar-refractivity contribution in [3.63, 3.8) is 0 Å². The largest absolute Gasteiger partial charge is 0.493 e. The van der Waals surface area contributed by atoms with Gasteiger partial charge in [-0.1, -0.05) is 52.0 Å². The van der Waals surface area contributed by atoms with Crippen LogP contribution in [0.4, 0.5) is 5.69 Å². The van der Waals surface area contributed by atoms with Crippen LogP contribution in [0, 0.1) is 0 Å². The third-order valence-electron chi connectivity index (χ3n) is 7.26. The number of benzene rings is 3. The number of rotatable bonds is 6. The van der Waals surface area contributed by atoms with Crippen LogP contribution in [0.2, 0.25) is 0 Å². The molecule has 0 radical (unpaired) electrons. The summed E-state index contributed by atoms with van der Waals surface area (Å²) < 4.78 is 25.1. The van der Waals surface area contributed by atoms with Crippen LogP contribution in [0.25, 0.3) is 11.1 Å². The van der Waals surface area contributed by atoms with Gasteiger partial charge in [0.25, 0.3) is 5.69 Å². The van der Waals surface area contributed by atoms with E-state index in [1.54, 1.807) is 28.4 Å². The minimum Gasteiger partial charge on any atom is -0.493 e. The first-order valence-corrected chi connectivity index (χ1v) is 12.3. The van der Waals surface area contributed by atoms with Gasteiger partial charge in [0.15, 0.2) is 23.5 Å². The van der Waals surface area contributed by atoms with Gasteiger partial charge in [0.2, 0.25) is 5.75 Å². The number of hydrogen-bond acceptors (Lipinski definition) is 4. The van der Waals surface area contributed by atoms with Gasteiger partial charge in [0.05, 0.1) is 34.4 Å². The van der Waals surface area contributed by atoms with Gasteiger partial charge in [-0.25, -0.2) is 4.58 Å². The second-order valence-electron chi connectivity index (χ2n) is 10.4. The molecule has 0 amide bonds. The van der Waals surface area contributed by atoms with E-state index in [2.05, 4.69) is 88.0 Å². The molecular formula is C31H38NO4+. The Balaban J connectivity index is 1.85. The number of fused-ring (bicyclic) bond motifs is 1. The first-order chi connectivity index (χ1) is 17.1. The molecule has 1 aliphatic rings. The van der Waals surface area contributed by atoms with Crippen molar-refractivity contribution in [1.82, 2.24) is 0 Å². The summed E-state index contributed by atoms with van der Waals surface area (Å²) in [5.74, 6) is 3.30. The van der Waals surface area contributed by atoms with Crippen molar-refractivity contribution in [1.29, 1.82) is 0 Å². The summed E-state index contributed by atoms with van der Waals surface area (Å²) in [5, 5.41) is 0. The molecule has 2 atom stereocenters. The molecule has 4 rings (SSSR count). The van der Waals surface area contributed by atoms with Gasteiger partial charge in [-0.3, -0.25) is 0 Å². The van der Waals surface area contributed by atoms with Gasteiger partial charge < -0.3 is 18.9 Å². The molecule has 0 fully saturated rings. The Morgan fingerprint density at radius 3 is 1.94 bits per heavy atom. The first kappa shape index (κ1) is 25.6. The quantitative estimate of drug-likeness (QED) is 0.353. The fourth-order valence-corrected chi connectivity index (χ4v) is 5.21. The summed E-state index contributed by atoms with van der Waals surface area (Å²) in [4.78, 5) is 0. The SMILES string of the molecule is COc1cc(C2C=[N+](C)c3c(ccc(OC)c3OC)C2C)cc(-c2ccc(C(C)(C)C)cc2)c1OC. The Bertz CT molecular complexity index is 1290. The van der Waals surface area contributed by atoms with E-state index < -0.39 is 0 Å². The Kier molecular flexibility index (Phi) is 7.03. The molecule has 0 saturated heterocycles. The molecule has 2 unspecified atom stereocenters. The van der Waals surface area contributed by atoms with Gasteiger partial charge >= 0.3 is 0 Å². The van der Waals surface area contributed by atoms with E-state index in [1.807, 2.05) is 6.07 Å². The smallest absolute Gasteiger partial charge is 0.254 e. The van der Waals surface area contributed by atoms with E-state index >= 15 is 0 Å². The average molecular weight is 489 g/mol. The summed E-state index contributed by atoms with van der Waals surface area (Å²) in [6.45, 7) is 8.94. The van der Waals surface area contributed by atoms with Gasteiger partial charge in [0, 0.05) is 17.0 Å². The van der Waals surface area contributed by atoms with E-state index in [0.717, 1.165) is 39.8 Å². The van der Waals surface area contributed by atoms with Gasteiger partial charge in [-0.05, 0) is 46.4 Å². The van der Waals surface area contributed by atoms with E-state index in [1.165, 1.54) is 16.7 Å². The maximum absolute atomic E-state index is 5.85. The minimum atomic E-state index is 0.0936. The van der Waals surface area contributed by atoms with E-state index in [9.17, 15) is 0 Å².